The molecule has 3 atom stereocenters. The second kappa shape index (κ2) is 4.49. The molecule has 0 unspecified atom stereocenters. The van der Waals surface area contributed by atoms with Crippen molar-refractivity contribution < 1.29 is 15.0 Å². The van der Waals surface area contributed by atoms with E-state index in [0.29, 0.717) is 19.3 Å². The molecule has 0 heterocycles. The molecule has 17 heavy (non-hydrogen) atoms. The number of carboxylic acid groups (broad SMARTS) is 1. The molecule has 0 aromatic heterocycles. The fraction of sp³-hybridized carbons (Fsp3) is 0.500. The van der Waals surface area contributed by atoms with Crippen LogP contribution in [0.5, 0.6) is 0 Å². The van der Waals surface area contributed by atoms with E-state index in [1.54, 1.807) is 6.92 Å². The van der Waals surface area contributed by atoms with Crippen LogP contribution in [0.3, 0.4) is 0 Å². The first-order valence-corrected chi connectivity index (χ1v) is 6.00. The third-order valence-electron chi connectivity index (χ3n) is 3.96. The van der Waals surface area contributed by atoms with Crippen molar-refractivity contribution in [2.75, 3.05) is 0 Å². The molecule has 2 N–H and O–H groups in total. The predicted molar refractivity (Wildman–Crippen MR) is 64.8 cm³/mol. The Bertz CT molecular complexity index is 401. The van der Waals surface area contributed by atoms with E-state index in [4.69, 9.17) is 0 Å². The summed E-state index contributed by atoms with van der Waals surface area (Å²) in [7, 11) is 0. The van der Waals surface area contributed by atoms with Crippen LogP contribution in [-0.4, -0.2) is 22.3 Å². The maximum absolute atomic E-state index is 11.5. The summed E-state index contributed by atoms with van der Waals surface area (Å²) in [5.41, 5.74) is 0.247. The summed E-state index contributed by atoms with van der Waals surface area (Å²) in [5, 5.41) is 19.2. The van der Waals surface area contributed by atoms with E-state index in [-0.39, 0.29) is 12.0 Å². The zero-order valence-electron chi connectivity index (χ0n) is 9.97. The van der Waals surface area contributed by atoms with Gasteiger partial charge in [-0.3, -0.25) is 4.79 Å². The van der Waals surface area contributed by atoms with Gasteiger partial charge in [0.05, 0.1) is 11.5 Å². The first-order valence-electron chi connectivity index (χ1n) is 6.00. The quantitative estimate of drug-likeness (QED) is 0.826. The monoisotopic (exact) mass is 234 g/mol. The van der Waals surface area contributed by atoms with Crippen LogP contribution >= 0.6 is 0 Å². The minimum absolute atomic E-state index is 0.107. The highest BCUT2D eigenvalue weighted by molar-refractivity contribution is 5.76. The molecule has 0 saturated heterocycles. The Kier molecular flexibility index (Phi) is 3.20. The molecule has 3 nitrogen and oxygen atoms in total. The molecule has 0 bridgehead atoms. The van der Waals surface area contributed by atoms with Gasteiger partial charge in [-0.1, -0.05) is 30.3 Å². The molecule has 1 aliphatic rings. The largest absolute Gasteiger partial charge is 0.481 e. The van der Waals surface area contributed by atoms with Gasteiger partial charge in [0.25, 0.3) is 0 Å². The average Bonchev–Trinajstić information content (AvgIpc) is 2.33. The van der Waals surface area contributed by atoms with Gasteiger partial charge in [0.15, 0.2) is 0 Å². The summed E-state index contributed by atoms with van der Waals surface area (Å²) < 4.78 is 0. The smallest absolute Gasteiger partial charge is 0.309 e. The fourth-order valence-electron chi connectivity index (χ4n) is 2.74. The number of hydrogen-bond acceptors (Lipinski definition) is 2. The second-order valence-corrected chi connectivity index (χ2v) is 5.11. The molecule has 3 heteroatoms. The lowest BCUT2D eigenvalue weighted by atomic mass is 9.64. The Hall–Kier alpha value is -1.35. The predicted octanol–water partition coefficient (Wildman–Crippen LogP) is 2.41. The van der Waals surface area contributed by atoms with Gasteiger partial charge in [0.2, 0.25) is 0 Å². The number of hydrogen-bond donors (Lipinski definition) is 2. The summed E-state index contributed by atoms with van der Waals surface area (Å²) in [6, 6.07) is 9.64. The number of aliphatic hydroxyl groups excluding tert-OH is 1. The molecule has 1 aromatic carbocycles. The fourth-order valence-corrected chi connectivity index (χ4v) is 2.74. The van der Waals surface area contributed by atoms with Crippen LogP contribution in [0.1, 0.15) is 37.7 Å². The lowest BCUT2D eigenvalue weighted by molar-refractivity contribution is -0.152. The zero-order chi connectivity index (χ0) is 12.5. The van der Waals surface area contributed by atoms with E-state index in [1.165, 1.54) is 0 Å². The van der Waals surface area contributed by atoms with Crippen molar-refractivity contribution in [3.63, 3.8) is 0 Å². The highest BCUT2D eigenvalue weighted by Gasteiger charge is 2.45. The molecule has 2 rings (SSSR count). The third-order valence-corrected chi connectivity index (χ3v) is 3.96. The molecule has 0 aliphatic heterocycles. The summed E-state index contributed by atoms with van der Waals surface area (Å²) >= 11 is 0. The van der Waals surface area contributed by atoms with Crippen molar-refractivity contribution in [3.05, 3.63) is 35.9 Å². The van der Waals surface area contributed by atoms with E-state index in [1.807, 2.05) is 30.3 Å². The van der Waals surface area contributed by atoms with Crippen molar-refractivity contribution in [1.82, 2.24) is 0 Å². The average molecular weight is 234 g/mol. The van der Waals surface area contributed by atoms with Crippen LogP contribution in [0.2, 0.25) is 0 Å². The minimum Gasteiger partial charge on any atom is -0.481 e. The van der Waals surface area contributed by atoms with Gasteiger partial charge in [0.1, 0.15) is 0 Å². The third kappa shape index (κ3) is 2.20. The van der Waals surface area contributed by atoms with Crippen LogP contribution in [0.4, 0.5) is 0 Å². The first kappa shape index (κ1) is 12.1. The van der Waals surface area contributed by atoms with Gasteiger partial charge in [-0.2, -0.15) is 0 Å². The van der Waals surface area contributed by atoms with Crippen LogP contribution in [-0.2, 0) is 4.79 Å². The normalized spacial score (nSPS) is 33.3. The summed E-state index contributed by atoms with van der Waals surface area (Å²) in [4.78, 5) is 11.5. The SMILES string of the molecule is C[C@@]1(C(=O)O)CC[C@H](O)C[C@@H]1c1ccccc1. The number of rotatable bonds is 2. The highest BCUT2D eigenvalue weighted by Crippen LogP contribution is 2.47. The molecule has 1 aromatic rings. The minimum atomic E-state index is -0.766. The topological polar surface area (TPSA) is 57.5 Å². The Morgan fingerprint density at radius 1 is 1.35 bits per heavy atom. The summed E-state index contributed by atoms with van der Waals surface area (Å²) in [6.07, 6.45) is 1.26. The Morgan fingerprint density at radius 2 is 2.00 bits per heavy atom. The van der Waals surface area contributed by atoms with E-state index in [0.717, 1.165) is 5.56 Å². The van der Waals surface area contributed by atoms with Crippen LogP contribution in [0, 0.1) is 5.41 Å². The molecule has 92 valence electrons. The van der Waals surface area contributed by atoms with E-state index in [2.05, 4.69) is 0 Å². The first-order chi connectivity index (χ1) is 8.04. The van der Waals surface area contributed by atoms with Crippen LogP contribution in [0.15, 0.2) is 30.3 Å². The lowest BCUT2D eigenvalue weighted by Crippen LogP contribution is -2.40. The number of carboxylic acids is 1. The van der Waals surface area contributed by atoms with Crippen LogP contribution in [0.25, 0.3) is 0 Å². The molecule has 0 amide bonds. The lowest BCUT2D eigenvalue weighted by Gasteiger charge is -2.40. The van der Waals surface area contributed by atoms with E-state index in [9.17, 15) is 15.0 Å². The second-order valence-electron chi connectivity index (χ2n) is 5.11. The highest BCUT2D eigenvalue weighted by atomic mass is 16.4. The van der Waals surface area contributed by atoms with Gasteiger partial charge in [0, 0.05) is 5.92 Å². The van der Waals surface area contributed by atoms with Crippen molar-refractivity contribution in [1.29, 1.82) is 0 Å². The number of benzene rings is 1. The molecule has 1 fully saturated rings. The molecule has 0 radical (unpaired) electrons. The molecular weight excluding hydrogens is 216 g/mol. The number of aliphatic carboxylic acids is 1. The van der Waals surface area contributed by atoms with E-state index < -0.39 is 11.4 Å². The van der Waals surface area contributed by atoms with Gasteiger partial charge in [-0.15, -0.1) is 0 Å². The van der Waals surface area contributed by atoms with Crippen molar-refractivity contribution in [2.45, 2.75) is 38.2 Å². The summed E-state index contributed by atoms with van der Waals surface area (Å²) in [6.45, 7) is 1.79. The number of carbonyl (C=O) groups is 1. The molecule has 1 saturated carbocycles. The maximum Gasteiger partial charge on any atom is 0.309 e. The maximum atomic E-state index is 11.5. The molecule has 1 aliphatic carbocycles. The number of aliphatic hydroxyl groups is 1. The van der Waals surface area contributed by atoms with Gasteiger partial charge in [-0.25, -0.2) is 0 Å². The summed E-state index contributed by atoms with van der Waals surface area (Å²) in [5.74, 6) is -0.872. The Labute approximate surface area is 101 Å². The molecular formula is C14H18O3. The molecule has 0 spiro atoms. The van der Waals surface area contributed by atoms with Gasteiger partial charge >= 0.3 is 5.97 Å². The standard InChI is InChI=1S/C14H18O3/c1-14(13(16)17)8-7-11(15)9-12(14)10-5-3-2-4-6-10/h2-6,11-12,15H,7-9H2,1H3,(H,16,17)/t11-,12+,14+/m0/s1. The van der Waals surface area contributed by atoms with Crippen molar-refractivity contribution in [3.8, 4) is 0 Å². The van der Waals surface area contributed by atoms with Crippen molar-refractivity contribution >= 4 is 5.97 Å². The van der Waals surface area contributed by atoms with Gasteiger partial charge in [-0.05, 0) is 31.7 Å². The Balaban J connectivity index is 2.36. The van der Waals surface area contributed by atoms with E-state index >= 15 is 0 Å². The Morgan fingerprint density at radius 3 is 2.59 bits per heavy atom. The van der Waals surface area contributed by atoms with Crippen LogP contribution < -0.4 is 0 Å². The van der Waals surface area contributed by atoms with Gasteiger partial charge < -0.3 is 10.2 Å². The zero-order valence-corrected chi connectivity index (χ0v) is 9.97. The van der Waals surface area contributed by atoms with Crippen molar-refractivity contribution in [2.24, 2.45) is 5.41 Å².